The molecule has 0 aromatic carbocycles. The van der Waals surface area contributed by atoms with Crippen molar-refractivity contribution in [1.82, 2.24) is 10.3 Å². The lowest BCUT2D eigenvalue weighted by Gasteiger charge is -2.22. The van der Waals surface area contributed by atoms with Crippen LogP contribution in [0.4, 0.5) is 0 Å². The molecule has 2 rings (SSSR count). The summed E-state index contributed by atoms with van der Waals surface area (Å²) in [7, 11) is 1.67. The van der Waals surface area contributed by atoms with Crippen LogP contribution in [0, 0.1) is 0 Å². The van der Waals surface area contributed by atoms with Crippen LogP contribution in [0.3, 0.4) is 0 Å². The first-order valence-corrected chi connectivity index (χ1v) is 6.80. The monoisotopic (exact) mass is 266 g/mol. The third-order valence-electron chi connectivity index (χ3n) is 3.11. The molecular weight excluding hydrogens is 244 g/mol. The molecule has 1 saturated heterocycles. The van der Waals surface area contributed by atoms with E-state index in [2.05, 4.69) is 17.2 Å². The molecule has 1 aromatic rings. The summed E-state index contributed by atoms with van der Waals surface area (Å²) in [5.41, 5.74) is 0.914. The summed E-state index contributed by atoms with van der Waals surface area (Å²) in [5, 5.41) is 3.48. The molecule has 0 saturated carbocycles. The van der Waals surface area contributed by atoms with Gasteiger partial charge in [-0.15, -0.1) is 0 Å². The molecule has 5 nitrogen and oxygen atoms in total. The number of hydrogen-bond acceptors (Lipinski definition) is 5. The zero-order valence-corrected chi connectivity index (χ0v) is 11.6. The SMILES string of the molecule is CCCNC(CC1OCCO1)c1ncccc1OC. The lowest BCUT2D eigenvalue weighted by molar-refractivity contribution is -0.0533. The molecule has 19 heavy (non-hydrogen) atoms. The Morgan fingerprint density at radius 1 is 1.47 bits per heavy atom. The highest BCUT2D eigenvalue weighted by molar-refractivity contribution is 5.29. The summed E-state index contributed by atoms with van der Waals surface area (Å²) in [4.78, 5) is 4.45. The van der Waals surface area contributed by atoms with Gasteiger partial charge in [0.2, 0.25) is 0 Å². The Morgan fingerprint density at radius 2 is 2.26 bits per heavy atom. The van der Waals surface area contributed by atoms with Gasteiger partial charge in [-0.2, -0.15) is 0 Å². The van der Waals surface area contributed by atoms with E-state index in [1.807, 2.05) is 12.1 Å². The van der Waals surface area contributed by atoms with Gasteiger partial charge in [0.05, 0.1) is 32.1 Å². The molecular formula is C14H22N2O3. The molecule has 1 atom stereocenters. The lowest BCUT2D eigenvalue weighted by atomic mass is 10.1. The Kier molecular flexibility index (Phi) is 5.57. The second-order valence-corrected chi connectivity index (χ2v) is 4.50. The topological polar surface area (TPSA) is 52.6 Å². The molecule has 0 bridgehead atoms. The molecule has 106 valence electrons. The summed E-state index contributed by atoms with van der Waals surface area (Å²) in [6, 6.07) is 3.89. The standard InChI is InChI=1S/C14H22N2O3/c1-3-6-15-11(10-13-18-8-9-19-13)14-12(17-2)5-4-7-16-14/h4-5,7,11,13,15H,3,6,8-10H2,1-2H3. The van der Waals surface area contributed by atoms with Gasteiger partial charge < -0.3 is 19.5 Å². The van der Waals surface area contributed by atoms with Crippen LogP contribution in [-0.4, -0.2) is 38.1 Å². The Hall–Kier alpha value is -1.17. The highest BCUT2D eigenvalue weighted by Crippen LogP contribution is 2.27. The quantitative estimate of drug-likeness (QED) is 0.817. The van der Waals surface area contributed by atoms with E-state index in [9.17, 15) is 0 Å². The van der Waals surface area contributed by atoms with Crippen LogP contribution >= 0.6 is 0 Å². The smallest absolute Gasteiger partial charge is 0.159 e. The summed E-state index contributed by atoms with van der Waals surface area (Å²) in [6.07, 6.45) is 3.45. The van der Waals surface area contributed by atoms with E-state index >= 15 is 0 Å². The minimum Gasteiger partial charge on any atom is -0.495 e. The van der Waals surface area contributed by atoms with Gasteiger partial charge in [0.1, 0.15) is 5.75 Å². The van der Waals surface area contributed by atoms with Crippen molar-refractivity contribution in [3.63, 3.8) is 0 Å². The zero-order chi connectivity index (χ0) is 13.5. The van der Waals surface area contributed by atoms with Crippen molar-refractivity contribution in [2.24, 2.45) is 0 Å². The van der Waals surface area contributed by atoms with Gasteiger partial charge in [0.25, 0.3) is 0 Å². The number of methoxy groups -OCH3 is 1. The van der Waals surface area contributed by atoms with Gasteiger partial charge in [0.15, 0.2) is 6.29 Å². The van der Waals surface area contributed by atoms with E-state index < -0.39 is 0 Å². The first-order valence-electron chi connectivity index (χ1n) is 6.80. The van der Waals surface area contributed by atoms with Crippen LogP contribution in [-0.2, 0) is 9.47 Å². The zero-order valence-electron chi connectivity index (χ0n) is 11.6. The third kappa shape index (κ3) is 3.89. The molecule has 0 spiro atoms. The van der Waals surface area contributed by atoms with E-state index in [1.165, 1.54) is 0 Å². The van der Waals surface area contributed by atoms with Gasteiger partial charge in [-0.3, -0.25) is 4.98 Å². The number of nitrogens with one attached hydrogen (secondary N) is 1. The van der Waals surface area contributed by atoms with Crippen molar-refractivity contribution < 1.29 is 14.2 Å². The Morgan fingerprint density at radius 3 is 2.95 bits per heavy atom. The average Bonchev–Trinajstić information content (AvgIpc) is 2.96. The van der Waals surface area contributed by atoms with E-state index in [0.717, 1.165) is 30.8 Å². The molecule has 1 aliphatic rings. The summed E-state index contributed by atoms with van der Waals surface area (Å²) < 4.78 is 16.4. The molecule has 1 unspecified atom stereocenters. The van der Waals surface area contributed by atoms with Gasteiger partial charge in [-0.25, -0.2) is 0 Å². The minimum atomic E-state index is -0.152. The Bertz CT molecular complexity index is 381. The fourth-order valence-electron chi connectivity index (χ4n) is 2.18. The maximum absolute atomic E-state index is 5.53. The summed E-state index contributed by atoms with van der Waals surface area (Å²) >= 11 is 0. The maximum atomic E-state index is 5.53. The highest BCUT2D eigenvalue weighted by Gasteiger charge is 2.25. The van der Waals surface area contributed by atoms with Crippen molar-refractivity contribution in [3.8, 4) is 5.75 Å². The molecule has 1 aromatic heterocycles. The van der Waals surface area contributed by atoms with Crippen LogP contribution in [0.5, 0.6) is 5.75 Å². The van der Waals surface area contributed by atoms with Crippen molar-refractivity contribution in [2.45, 2.75) is 32.1 Å². The van der Waals surface area contributed by atoms with Gasteiger partial charge in [-0.05, 0) is 25.1 Å². The molecule has 0 amide bonds. The fraction of sp³-hybridized carbons (Fsp3) is 0.643. The van der Waals surface area contributed by atoms with Crippen LogP contribution < -0.4 is 10.1 Å². The fourth-order valence-corrected chi connectivity index (χ4v) is 2.18. The van der Waals surface area contributed by atoms with Crippen LogP contribution in [0.2, 0.25) is 0 Å². The first kappa shape index (κ1) is 14.2. The van der Waals surface area contributed by atoms with E-state index in [1.54, 1.807) is 13.3 Å². The molecule has 0 aliphatic carbocycles. The molecule has 2 heterocycles. The molecule has 1 fully saturated rings. The second-order valence-electron chi connectivity index (χ2n) is 4.50. The van der Waals surface area contributed by atoms with E-state index in [-0.39, 0.29) is 12.3 Å². The van der Waals surface area contributed by atoms with Gasteiger partial charge in [0, 0.05) is 12.6 Å². The Balaban J connectivity index is 2.10. The number of pyridine rings is 1. The average molecular weight is 266 g/mol. The summed E-state index contributed by atoms with van der Waals surface area (Å²) in [5.74, 6) is 0.800. The normalized spacial score (nSPS) is 17.6. The van der Waals surface area contributed by atoms with Gasteiger partial charge >= 0.3 is 0 Å². The Labute approximate surface area is 114 Å². The van der Waals surface area contributed by atoms with Crippen LogP contribution in [0.1, 0.15) is 31.5 Å². The lowest BCUT2D eigenvalue weighted by Crippen LogP contribution is -2.27. The minimum absolute atomic E-state index is 0.0826. The molecule has 0 radical (unpaired) electrons. The molecule has 5 heteroatoms. The second kappa shape index (κ2) is 7.43. The third-order valence-corrected chi connectivity index (χ3v) is 3.11. The van der Waals surface area contributed by atoms with E-state index in [0.29, 0.717) is 13.2 Å². The first-order chi connectivity index (χ1) is 9.35. The predicted molar refractivity (Wildman–Crippen MR) is 72.1 cm³/mol. The molecule has 1 aliphatic heterocycles. The maximum Gasteiger partial charge on any atom is 0.159 e. The van der Waals surface area contributed by atoms with Crippen molar-refractivity contribution in [1.29, 1.82) is 0 Å². The number of hydrogen-bond donors (Lipinski definition) is 1. The highest BCUT2D eigenvalue weighted by atomic mass is 16.7. The number of nitrogens with zero attached hydrogens (tertiary/aromatic N) is 1. The van der Waals surface area contributed by atoms with Crippen LogP contribution in [0.15, 0.2) is 18.3 Å². The van der Waals surface area contributed by atoms with Crippen molar-refractivity contribution in [3.05, 3.63) is 24.0 Å². The van der Waals surface area contributed by atoms with Crippen molar-refractivity contribution in [2.75, 3.05) is 26.9 Å². The summed E-state index contributed by atoms with van der Waals surface area (Å²) in [6.45, 7) is 4.41. The predicted octanol–water partition coefficient (Wildman–Crippen LogP) is 1.89. The van der Waals surface area contributed by atoms with Crippen LogP contribution in [0.25, 0.3) is 0 Å². The number of rotatable bonds is 7. The largest absolute Gasteiger partial charge is 0.495 e. The van der Waals surface area contributed by atoms with Gasteiger partial charge in [-0.1, -0.05) is 6.92 Å². The number of aromatic nitrogens is 1. The van der Waals surface area contributed by atoms with Crippen molar-refractivity contribution >= 4 is 0 Å². The van der Waals surface area contributed by atoms with E-state index in [4.69, 9.17) is 14.2 Å². The number of ether oxygens (including phenoxy) is 3. The molecule has 1 N–H and O–H groups in total.